The Balaban J connectivity index is 2.49. The van der Waals surface area contributed by atoms with Crippen LogP contribution in [0.4, 0.5) is 10.5 Å². The number of nitrogens with zero attached hydrogens (tertiary/aromatic N) is 1. The molecule has 0 aliphatic heterocycles. The Kier molecular flexibility index (Phi) is 13.8. The number of unbranched alkanes of at least 4 members (excludes halogenated alkanes) is 5. The molecule has 0 saturated carbocycles. The third kappa shape index (κ3) is 11.0. The normalized spacial score (nSPS) is 12.7. The highest BCUT2D eigenvalue weighted by Crippen LogP contribution is 2.29. The highest BCUT2D eigenvalue weighted by molar-refractivity contribution is 5.99. The van der Waals surface area contributed by atoms with Crippen molar-refractivity contribution in [3.05, 3.63) is 59.2 Å². The van der Waals surface area contributed by atoms with Crippen LogP contribution in [0.5, 0.6) is 5.75 Å². The van der Waals surface area contributed by atoms with E-state index < -0.39 is 42.2 Å². The second-order valence-corrected chi connectivity index (χ2v) is 11.7. The van der Waals surface area contributed by atoms with Crippen LogP contribution in [0.2, 0.25) is 0 Å². The zero-order chi connectivity index (χ0) is 31.3. The van der Waals surface area contributed by atoms with Crippen LogP contribution >= 0.6 is 0 Å². The van der Waals surface area contributed by atoms with Gasteiger partial charge in [0.25, 0.3) is 5.91 Å². The summed E-state index contributed by atoms with van der Waals surface area (Å²) in [6.07, 6.45) is 5.11. The average molecular weight is 584 g/mol. The highest BCUT2D eigenvalue weighted by Gasteiger charge is 2.36. The summed E-state index contributed by atoms with van der Waals surface area (Å²) in [4.78, 5) is 42.2. The number of methoxy groups -OCH3 is 1. The zero-order valence-electron chi connectivity index (χ0n) is 26.3. The van der Waals surface area contributed by atoms with E-state index >= 15 is 0 Å². The Morgan fingerprint density at radius 3 is 2.19 bits per heavy atom. The van der Waals surface area contributed by atoms with Crippen molar-refractivity contribution in [2.24, 2.45) is 0 Å². The Hall–Kier alpha value is -3.59. The van der Waals surface area contributed by atoms with Gasteiger partial charge in [0.2, 0.25) is 5.91 Å². The van der Waals surface area contributed by atoms with E-state index in [0.29, 0.717) is 23.4 Å². The predicted octanol–water partition coefficient (Wildman–Crippen LogP) is 6.07. The maximum Gasteiger partial charge on any atom is 0.408 e. The Bertz CT molecular complexity index is 1160. The molecule has 42 heavy (non-hydrogen) atoms. The number of carbonyl (C=O) groups excluding carboxylic acids is 3. The van der Waals surface area contributed by atoms with Gasteiger partial charge >= 0.3 is 6.09 Å². The van der Waals surface area contributed by atoms with E-state index in [2.05, 4.69) is 17.6 Å². The smallest absolute Gasteiger partial charge is 0.408 e. The Labute approximate surface area is 251 Å². The third-order valence-electron chi connectivity index (χ3n) is 6.85. The molecular formula is C33H49N3O6. The van der Waals surface area contributed by atoms with Gasteiger partial charge in [0.15, 0.2) is 0 Å². The molecule has 0 aliphatic carbocycles. The lowest BCUT2D eigenvalue weighted by molar-refractivity contribution is -0.141. The van der Waals surface area contributed by atoms with Crippen LogP contribution in [0.15, 0.2) is 42.5 Å². The van der Waals surface area contributed by atoms with E-state index in [9.17, 15) is 19.5 Å². The van der Waals surface area contributed by atoms with Gasteiger partial charge in [-0.05, 0) is 76.4 Å². The first-order valence-corrected chi connectivity index (χ1v) is 14.8. The van der Waals surface area contributed by atoms with Crippen LogP contribution in [-0.4, -0.2) is 59.8 Å². The zero-order valence-corrected chi connectivity index (χ0v) is 26.3. The second-order valence-electron chi connectivity index (χ2n) is 11.7. The molecule has 9 heteroatoms. The number of rotatable bonds is 15. The molecule has 2 unspecified atom stereocenters. The molecule has 0 aromatic heterocycles. The van der Waals surface area contributed by atoms with Crippen molar-refractivity contribution >= 4 is 23.6 Å². The average Bonchev–Trinajstić information content (AvgIpc) is 2.93. The minimum absolute atomic E-state index is 0.269. The number of nitrogens with one attached hydrogen (secondary N) is 2. The quantitative estimate of drug-likeness (QED) is 0.219. The van der Waals surface area contributed by atoms with Crippen LogP contribution in [0, 0.1) is 13.8 Å². The lowest BCUT2D eigenvalue weighted by Crippen LogP contribution is -2.54. The maximum atomic E-state index is 14.1. The number of aryl methyl sites for hydroxylation is 2. The van der Waals surface area contributed by atoms with Gasteiger partial charge in [-0.1, -0.05) is 62.8 Å². The van der Waals surface area contributed by atoms with E-state index in [4.69, 9.17) is 9.47 Å². The highest BCUT2D eigenvalue weighted by atomic mass is 16.6. The fraction of sp³-hybridized carbons (Fsp3) is 0.545. The number of aliphatic hydroxyl groups excluding tert-OH is 1. The summed E-state index contributed by atoms with van der Waals surface area (Å²) in [5, 5.41) is 15.7. The minimum Gasteiger partial charge on any atom is -0.497 e. The molecule has 2 atom stereocenters. The van der Waals surface area contributed by atoms with Crippen molar-refractivity contribution in [2.75, 3.05) is 25.6 Å². The van der Waals surface area contributed by atoms with Gasteiger partial charge < -0.3 is 30.1 Å². The van der Waals surface area contributed by atoms with E-state index in [1.165, 1.54) is 4.90 Å². The van der Waals surface area contributed by atoms with Crippen molar-refractivity contribution in [1.82, 2.24) is 10.2 Å². The van der Waals surface area contributed by atoms with Crippen LogP contribution in [0.1, 0.15) is 89.0 Å². The van der Waals surface area contributed by atoms with Gasteiger partial charge in [-0.2, -0.15) is 0 Å². The topological polar surface area (TPSA) is 117 Å². The summed E-state index contributed by atoms with van der Waals surface area (Å²) in [6, 6.07) is 10.4. The number of alkyl carbamates (subject to hydrolysis) is 1. The molecule has 0 heterocycles. The van der Waals surface area contributed by atoms with Gasteiger partial charge in [-0.3, -0.25) is 9.59 Å². The summed E-state index contributed by atoms with van der Waals surface area (Å²) in [7, 11) is 1.57. The van der Waals surface area contributed by atoms with E-state index in [-0.39, 0.29) is 6.54 Å². The third-order valence-corrected chi connectivity index (χ3v) is 6.85. The van der Waals surface area contributed by atoms with Crippen LogP contribution < -0.4 is 15.4 Å². The van der Waals surface area contributed by atoms with Crippen molar-refractivity contribution < 1.29 is 29.0 Å². The van der Waals surface area contributed by atoms with Gasteiger partial charge in [0.05, 0.1) is 13.7 Å². The lowest BCUT2D eigenvalue weighted by Gasteiger charge is -2.35. The van der Waals surface area contributed by atoms with Crippen LogP contribution in [0.3, 0.4) is 0 Å². The lowest BCUT2D eigenvalue weighted by atomic mass is 9.95. The molecule has 2 rings (SSSR count). The van der Waals surface area contributed by atoms with E-state index in [1.54, 1.807) is 52.1 Å². The first kappa shape index (κ1) is 34.6. The van der Waals surface area contributed by atoms with Crippen molar-refractivity contribution in [2.45, 2.75) is 97.8 Å². The van der Waals surface area contributed by atoms with E-state index in [1.807, 2.05) is 32.0 Å². The fourth-order valence-electron chi connectivity index (χ4n) is 4.65. The molecule has 0 aliphatic rings. The van der Waals surface area contributed by atoms with Crippen molar-refractivity contribution in [3.8, 4) is 5.75 Å². The summed E-state index contributed by atoms with van der Waals surface area (Å²) < 4.78 is 10.6. The number of carbonyl (C=O) groups is 3. The largest absolute Gasteiger partial charge is 0.497 e. The molecule has 9 nitrogen and oxygen atoms in total. The molecule has 3 amide bonds. The molecule has 2 aromatic rings. The minimum atomic E-state index is -1.29. The molecule has 0 fully saturated rings. The molecule has 2 aromatic carbocycles. The predicted molar refractivity (Wildman–Crippen MR) is 166 cm³/mol. The van der Waals surface area contributed by atoms with Gasteiger partial charge in [-0.15, -0.1) is 0 Å². The first-order chi connectivity index (χ1) is 19.9. The number of anilines is 1. The summed E-state index contributed by atoms with van der Waals surface area (Å²) in [5.41, 5.74) is 2.22. The first-order valence-electron chi connectivity index (χ1n) is 14.8. The fourth-order valence-corrected chi connectivity index (χ4v) is 4.65. The van der Waals surface area contributed by atoms with Crippen LogP contribution in [0.25, 0.3) is 0 Å². The monoisotopic (exact) mass is 583 g/mol. The van der Waals surface area contributed by atoms with Crippen LogP contribution in [-0.2, 0) is 14.3 Å². The molecular weight excluding hydrogens is 534 g/mol. The number of ether oxygens (including phenoxy) is 2. The SMILES string of the molecule is CCCCCCCCN(C(=O)C(CO)NC(=O)OC(C)(C)C)C(C(=O)Nc1ccc(OC)cc1)c1cc(C)ccc1C. The summed E-state index contributed by atoms with van der Waals surface area (Å²) >= 11 is 0. The number of hydrogen-bond donors (Lipinski definition) is 3. The molecule has 0 saturated heterocycles. The Morgan fingerprint density at radius 2 is 1.60 bits per heavy atom. The summed E-state index contributed by atoms with van der Waals surface area (Å²) in [6.45, 7) is 10.8. The molecule has 232 valence electrons. The van der Waals surface area contributed by atoms with Gasteiger partial charge in [0, 0.05) is 12.2 Å². The molecule has 0 radical (unpaired) electrons. The molecule has 3 N–H and O–H groups in total. The number of hydrogen-bond acceptors (Lipinski definition) is 6. The standard InChI is InChI=1S/C33H49N3O6/c1-8-9-10-11-12-13-20-36(31(39)28(22-37)35-32(40)42-33(4,5)6)29(27-21-23(2)14-15-24(27)3)30(38)34-25-16-18-26(41-7)19-17-25/h14-19,21,28-29,37H,8-13,20,22H2,1-7H3,(H,34,38)(H,35,40). The Morgan fingerprint density at radius 1 is 0.952 bits per heavy atom. The number of amides is 3. The molecule has 0 spiro atoms. The van der Waals surface area contributed by atoms with Gasteiger partial charge in [-0.25, -0.2) is 4.79 Å². The van der Waals surface area contributed by atoms with E-state index in [0.717, 1.165) is 43.2 Å². The number of benzene rings is 2. The summed E-state index contributed by atoms with van der Waals surface area (Å²) in [5.74, 6) is -0.312. The number of aliphatic hydroxyl groups is 1. The van der Waals surface area contributed by atoms with Gasteiger partial charge in [0.1, 0.15) is 23.4 Å². The second kappa shape index (κ2) is 16.8. The van der Waals surface area contributed by atoms with Crippen molar-refractivity contribution in [1.29, 1.82) is 0 Å². The van der Waals surface area contributed by atoms with Crippen molar-refractivity contribution in [3.63, 3.8) is 0 Å². The molecule has 0 bridgehead atoms. The maximum absolute atomic E-state index is 14.1.